The van der Waals surface area contributed by atoms with E-state index in [0.29, 0.717) is 22.9 Å². The Morgan fingerprint density at radius 1 is 1.10 bits per heavy atom. The number of amides is 1. The number of thiophene rings is 1. The first-order chi connectivity index (χ1) is 14.9. The van der Waals surface area contributed by atoms with Crippen molar-refractivity contribution in [3.63, 3.8) is 0 Å². The van der Waals surface area contributed by atoms with Crippen molar-refractivity contribution in [2.75, 3.05) is 30.4 Å². The van der Waals surface area contributed by atoms with E-state index in [1.165, 1.54) is 37.7 Å². The Morgan fingerprint density at radius 3 is 2.65 bits per heavy atom. The first-order valence-electron chi connectivity index (χ1n) is 9.66. The summed E-state index contributed by atoms with van der Waals surface area (Å²) in [5.74, 6) is 0.597. The van der Waals surface area contributed by atoms with E-state index in [-0.39, 0.29) is 16.6 Å². The van der Waals surface area contributed by atoms with E-state index in [0.717, 1.165) is 24.1 Å². The molecule has 0 bridgehead atoms. The number of sulfonamides is 1. The van der Waals surface area contributed by atoms with Crippen LogP contribution in [0.5, 0.6) is 11.5 Å². The summed E-state index contributed by atoms with van der Waals surface area (Å²) in [6.07, 6.45) is 1.70. The van der Waals surface area contributed by atoms with Crippen LogP contribution in [0.4, 0.5) is 11.4 Å². The third-order valence-electron chi connectivity index (χ3n) is 5.09. The van der Waals surface area contributed by atoms with E-state index >= 15 is 0 Å². The topological polar surface area (TPSA) is 84.9 Å². The Kier molecular flexibility index (Phi) is 5.88. The highest BCUT2D eigenvalue weighted by Gasteiger charge is 2.26. The van der Waals surface area contributed by atoms with Gasteiger partial charge in [0.15, 0.2) is 0 Å². The van der Waals surface area contributed by atoms with Crippen molar-refractivity contribution in [3.8, 4) is 11.5 Å². The number of carbonyl (C=O) groups is 1. The third-order valence-corrected chi connectivity index (χ3v) is 7.37. The maximum atomic E-state index is 13.0. The number of nitrogens with one attached hydrogen (secondary N) is 1. The summed E-state index contributed by atoms with van der Waals surface area (Å²) < 4.78 is 39.1. The van der Waals surface area contributed by atoms with Crippen LogP contribution < -0.4 is 19.1 Å². The molecule has 0 unspecified atom stereocenters. The normalized spacial score (nSPS) is 13.4. The number of ether oxygens (including phenoxy) is 2. The Bertz CT molecular complexity index is 1210. The molecule has 1 aliphatic rings. The van der Waals surface area contributed by atoms with E-state index in [9.17, 15) is 13.2 Å². The lowest BCUT2D eigenvalue weighted by molar-refractivity contribution is 0.0989. The van der Waals surface area contributed by atoms with Crippen molar-refractivity contribution in [2.45, 2.75) is 17.7 Å². The van der Waals surface area contributed by atoms with Gasteiger partial charge in [0.1, 0.15) is 16.4 Å². The molecule has 0 saturated carbocycles. The van der Waals surface area contributed by atoms with Gasteiger partial charge in [-0.1, -0.05) is 12.1 Å². The lowest BCUT2D eigenvalue weighted by Gasteiger charge is -2.29. The van der Waals surface area contributed by atoms with Crippen molar-refractivity contribution in [1.82, 2.24) is 0 Å². The predicted molar refractivity (Wildman–Crippen MR) is 121 cm³/mol. The quantitative estimate of drug-likeness (QED) is 0.600. The number of rotatable bonds is 6. The van der Waals surface area contributed by atoms with Crippen molar-refractivity contribution in [2.24, 2.45) is 0 Å². The number of aryl methyl sites for hydroxylation is 1. The molecule has 2 heterocycles. The summed E-state index contributed by atoms with van der Waals surface area (Å²) in [5, 5.41) is 1.87. The van der Waals surface area contributed by atoms with Gasteiger partial charge >= 0.3 is 0 Å². The Balaban J connectivity index is 1.66. The molecule has 0 fully saturated rings. The van der Waals surface area contributed by atoms with Crippen LogP contribution in [0.25, 0.3) is 0 Å². The summed E-state index contributed by atoms with van der Waals surface area (Å²) in [7, 11) is -1.02. The van der Waals surface area contributed by atoms with Crippen molar-refractivity contribution >= 4 is 38.6 Å². The summed E-state index contributed by atoms with van der Waals surface area (Å²) in [6, 6.07) is 13.4. The van der Waals surface area contributed by atoms with Crippen LogP contribution in [0.2, 0.25) is 0 Å². The third kappa shape index (κ3) is 4.24. The molecule has 1 aliphatic heterocycles. The first-order valence-corrected chi connectivity index (χ1v) is 12.0. The van der Waals surface area contributed by atoms with Crippen LogP contribution in [0, 0.1) is 0 Å². The molecule has 0 radical (unpaired) electrons. The van der Waals surface area contributed by atoms with Crippen LogP contribution in [-0.4, -0.2) is 35.1 Å². The first kappa shape index (κ1) is 21.2. The molecule has 7 nitrogen and oxygen atoms in total. The van der Waals surface area contributed by atoms with Gasteiger partial charge < -0.3 is 14.4 Å². The second-order valence-corrected chi connectivity index (χ2v) is 9.60. The number of benzene rings is 2. The summed E-state index contributed by atoms with van der Waals surface area (Å²) in [6.45, 7) is 0.590. The number of hydrogen-bond donors (Lipinski definition) is 1. The van der Waals surface area contributed by atoms with Crippen molar-refractivity contribution < 1.29 is 22.7 Å². The molecule has 1 aromatic heterocycles. The SMILES string of the molecule is COc1ccc(S(=O)(=O)Nc2ccc3c(c2)N(C(=O)c2cccs2)CCC3)c(OC)c1. The smallest absolute Gasteiger partial charge is 0.268 e. The van der Waals surface area contributed by atoms with Crippen molar-refractivity contribution in [3.05, 3.63) is 64.4 Å². The second-order valence-electron chi connectivity index (χ2n) is 7.00. The standard InChI is InChI=1S/C22H22N2O5S2/c1-28-17-9-10-21(19(14-17)29-2)31(26,27)23-16-8-7-15-5-3-11-24(18(15)13-16)22(25)20-6-4-12-30-20/h4,6-10,12-14,23H,3,5,11H2,1-2H3. The number of fused-ring (bicyclic) bond motifs is 1. The van der Waals surface area contributed by atoms with Crippen LogP contribution >= 0.6 is 11.3 Å². The second kappa shape index (κ2) is 8.60. The van der Waals surface area contributed by atoms with Gasteiger partial charge in [-0.15, -0.1) is 11.3 Å². The highest BCUT2D eigenvalue weighted by molar-refractivity contribution is 7.92. The van der Waals surface area contributed by atoms with E-state index in [1.807, 2.05) is 17.5 Å². The monoisotopic (exact) mass is 458 g/mol. The van der Waals surface area contributed by atoms with Gasteiger partial charge in [-0.05, 0) is 54.1 Å². The van der Waals surface area contributed by atoms with Gasteiger partial charge in [0, 0.05) is 18.3 Å². The molecular weight excluding hydrogens is 436 g/mol. The average molecular weight is 459 g/mol. The maximum absolute atomic E-state index is 13.0. The van der Waals surface area contributed by atoms with Gasteiger partial charge in [-0.25, -0.2) is 8.42 Å². The summed E-state index contributed by atoms with van der Waals surface area (Å²) in [5.41, 5.74) is 2.12. The number of anilines is 2. The van der Waals surface area contributed by atoms with Crippen LogP contribution in [0.15, 0.2) is 58.8 Å². The number of methoxy groups -OCH3 is 2. The summed E-state index contributed by atoms with van der Waals surface area (Å²) >= 11 is 1.39. The van der Waals surface area contributed by atoms with E-state index in [1.54, 1.807) is 29.2 Å². The van der Waals surface area contributed by atoms with Crippen LogP contribution in [0.3, 0.4) is 0 Å². The van der Waals surface area contributed by atoms with Crippen LogP contribution in [0.1, 0.15) is 21.7 Å². The number of hydrogen-bond acceptors (Lipinski definition) is 6. The Labute approximate surface area is 185 Å². The predicted octanol–water partition coefficient (Wildman–Crippen LogP) is 4.16. The Morgan fingerprint density at radius 2 is 1.94 bits per heavy atom. The number of carbonyl (C=O) groups excluding carboxylic acids is 1. The Hall–Kier alpha value is -3.04. The molecule has 162 valence electrons. The lowest BCUT2D eigenvalue weighted by Crippen LogP contribution is -2.35. The average Bonchev–Trinajstić information content (AvgIpc) is 3.32. The van der Waals surface area contributed by atoms with E-state index in [4.69, 9.17) is 9.47 Å². The largest absolute Gasteiger partial charge is 0.497 e. The minimum atomic E-state index is -3.92. The zero-order valence-corrected chi connectivity index (χ0v) is 18.8. The molecule has 4 rings (SSSR count). The highest BCUT2D eigenvalue weighted by atomic mass is 32.2. The van der Waals surface area contributed by atoms with E-state index in [2.05, 4.69) is 4.72 Å². The molecule has 1 N–H and O–H groups in total. The molecule has 0 saturated heterocycles. The minimum absolute atomic E-state index is 0.0000359. The molecule has 0 spiro atoms. The lowest BCUT2D eigenvalue weighted by atomic mass is 10.0. The van der Waals surface area contributed by atoms with E-state index < -0.39 is 10.0 Å². The molecular formula is C22H22N2O5S2. The fourth-order valence-electron chi connectivity index (χ4n) is 3.59. The maximum Gasteiger partial charge on any atom is 0.268 e. The molecule has 9 heteroatoms. The molecule has 0 atom stereocenters. The summed E-state index contributed by atoms with van der Waals surface area (Å²) in [4.78, 5) is 15.3. The molecule has 0 aliphatic carbocycles. The molecule has 3 aromatic rings. The number of nitrogens with zero attached hydrogens (tertiary/aromatic N) is 1. The fraction of sp³-hybridized carbons (Fsp3) is 0.227. The highest BCUT2D eigenvalue weighted by Crippen LogP contribution is 2.34. The fourth-order valence-corrected chi connectivity index (χ4v) is 5.46. The molecule has 2 aromatic carbocycles. The van der Waals surface area contributed by atoms with Crippen molar-refractivity contribution in [1.29, 1.82) is 0 Å². The van der Waals surface area contributed by atoms with Gasteiger partial charge in [0.2, 0.25) is 0 Å². The minimum Gasteiger partial charge on any atom is -0.497 e. The van der Waals surface area contributed by atoms with Gasteiger partial charge in [0.05, 0.1) is 24.8 Å². The molecule has 31 heavy (non-hydrogen) atoms. The zero-order chi connectivity index (χ0) is 22.0. The molecule has 1 amide bonds. The van der Waals surface area contributed by atoms with Crippen LogP contribution in [-0.2, 0) is 16.4 Å². The van der Waals surface area contributed by atoms with Gasteiger partial charge in [0.25, 0.3) is 15.9 Å². The van der Waals surface area contributed by atoms with Gasteiger partial charge in [-0.2, -0.15) is 0 Å². The zero-order valence-electron chi connectivity index (χ0n) is 17.1. The van der Waals surface area contributed by atoms with Gasteiger partial charge in [-0.3, -0.25) is 9.52 Å².